The van der Waals surface area contributed by atoms with Gasteiger partial charge in [0.15, 0.2) is 9.84 Å². The van der Waals surface area contributed by atoms with Crippen LogP contribution in [0.4, 0.5) is 5.69 Å². The minimum Gasteiger partial charge on any atom is -0.321 e. The first-order valence-electron chi connectivity index (χ1n) is 6.74. The molecule has 0 aliphatic heterocycles. The molecule has 2 aromatic carbocycles. The van der Waals surface area contributed by atoms with Gasteiger partial charge in [-0.2, -0.15) is 0 Å². The van der Waals surface area contributed by atoms with Crippen LogP contribution in [0.1, 0.15) is 22.8 Å². The van der Waals surface area contributed by atoms with Crippen molar-refractivity contribution in [2.45, 2.75) is 18.7 Å². The standard InChI is InChI=1S/C16H16BrNO3S/c1-3-22(20,21)15-7-5-4-6-12(15)16(19)18-14-9-8-11(2)10-13(14)17/h4-10H,3H2,1-2H3,(H,18,19). The molecule has 0 aliphatic carbocycles. The topological polar surface area (TPSA) is 63.2 Å². The van der Waals surface area contributed by atoms with Crippen molar-refractivity contribution in [3.63, 3.8) is 0 Å². The predicted octanol–water partition coefficient (Wildman–Crippen LogP) is 3.80. The zero-order chi connectivity index (χ0) is 16.3. The van der Waals surface area contributed by atoms with Crippen molar-refractivity contribution in [3.8, 4) is 0 Å². The lowest BCUT2D eigenvalue weighted by molar-refractivity contribution is 0.102. The summed E-state index contributed by atoms with van der Waals surface area (Å²) in [6.45, 7) is 3.50. The molecule has 0 saturated carbocycles. The van der Waals surface area contributed by atoms with Crippen molar-refractivity contribution >= 4 is 37.4 Å². The molecule has 1 amide bonds. The molecular weight excluding hydrogens is 366 g/mol. The summed E-state index contributed by atoms with van der Waals surface area (Å²) in [4.78, 5) is 12.5. The van der Waals surface area contributed by atoms with E-state index in [0.717, 1.165) is 10.0 Å². The number of hydrogen-bond donors (Lipinski definition) is 1. The Morgan fingerprint density at radius 2 is 1.86 bits per heavy atom. The van der Waals surface area contributed by atoms with Crippen LogP contribution in [0.3, 0.4) is 0 Å². The molecule has 4 nitrogen and oxygen atoms in total. The summed E-state index contributed by atoms with van der Waals surface area (Å²) in [6, 6.07) is 11.8. The van der Waals surface area contributed by atoms with Crippen LogP contribution in [0.15, 0.2) is 51.8 Å². The second kappa shape index (κ2) is 6.62. The Hall–Kier alpha value is -1.66. The van der Waals surface area contributed by atoms with Crippen LogP contribution in [-0.2, 0) is 9.84 Å². The third-order valence-electron chi connectivity index (χ3n) is 3.22. The van der Waals surface area contributed by atoms with Crippen LogP contribution >= 0.6 is 15.9 Å². The molecule has 1 N–H and O–H groups in total. The van der Waals surface area contributed by atoms with Crippen molar-refractivity contribution in [2.75, 3.05) is 11.1 Å². The van der Waals surface area contributed by atoms with E-state index < -0.39 is 15.7 Å². The number of carbonyl (C=O) groups excluding carboxylic acids is 1. The highest BCUT2D eigenvalue weighted by molar-refractivity contribution is 9.10. The van der Waals surface area contributed by atoms with E-state index in [9.17, 15) is 13.2 Å². The van der Waals surface area contributed by atoms with Gasteiger partial charge in [0.25, 0.3) is 5.91 Å². The molecule has 2 aromatic rings. The maximum Gasteiger partial charge on any atom is 0.257 e. The average Bonchev–Trinajstić information content (AvgIpc) is 2.50. The minimum absolute atomic E-state index is 0.0501. The van der Waals surface area contributed by atoms with Crippen LogP contribution in [-0.4, -0.2) is 20.1 Å². The number of benzene rings is 2. The summed E-state index contributed by atoms with van der Waals surface area (Å²) >= 11 is 3.39. The number of hydrogen-bond acceptors (Lipinski definition) is 3. The first-order valence-corrected chi connectivity index (χ1v) is 9.19. The van der Waals surface area contributed by atoms with E-state index in [4.69, 9.17) is 0 Å². The molecule has 2 rings (SSSR count). The van der Waals surface area contributed by atoms with E-state index in [1.54, 1.807) is 25.1 Å². The van der Waals surface area contributed by atoms with Crippen molar-refractivity contribution in [3.05, 3.63) is 58.1 Å². The van der Waals surface area contributed by atoms with Gasteiger partial charge >= 0.3 is 0 Å². The summed E-state index contributed by atoms with van der Waals surface area (Å²) in [7, 11) is -3.46. The summed E-state index contributed by atoms with van der Waals surface area (Å²) in [5, 5.41) is 2.74. The normalized spacial score (nSPS) is 11.2. The van der Waals surface area contributed by atoms with E-state index in [1.165, 1.54) is 12.1 Å². The van der Waals surface area contributed by atoms with Gasteiger partial charge in [-0.3, -0.25) is 4.79 Å². The molecule has 0 heterocycles. The molecule has 0 bridgehead atoms. The molecule has 22 heavy (non-hydrogen) atoms. The molecule has 0 fully saturated rings. The Bertz CT molecular complexity index is 816. The van der Waals surface area contributed by atoms with Crippen molar-refractivity contribution in [1.29, 1.82) is 0 Å². The zero-order valence-corrected chi connectivity index (χ0v) is 14.7. The Kier molecular flexibility index (Phi) is 5.03. The van der Waals surface area contributed by atoms with Gasteiger partial charge in [-0.05, 0) is 52.7 Å². The van der Waals surface area contributed by atoms with E-state index in [1.807, 2.05) is 19.1 Å². The van der Waals surface area contributed by atoms with Crippen LogP contribution in [0.5, 0.6) is 0 Å². The fourth-order valence-corrected chi connectivity index (χ4v) is 3.68. The number of rotatable bonds is 4. The summed E-state index contributed by atoms with van der Waals surface area (Å²) < 4.78 is 24.9. The number of aryl methyl sites for hydroxylation is 1. The van der Waals surface area contributed by atoms with E-state index >= 15 is 0 Å². The number of sulfone groups is 1. The van der Waals surface area contributed by atoms with Crippen molar-refractivity contribution in [2.24, 2.45) is 0 Å². The van der Waals surface area contributed by atoms with E-state index in [2.05, 4.69) is 21.2 Å². The first-order chi connectivity index (χ1) is 10.3. The zero-order valence-electron chi connectivity index (χ0n) is 12.3. The third-order valence-corrected chi connectivity index (χ3v) is 5.66. The Labute approximate surface area is 138 Å². The van der Waals surface area contributed by atoms with Gasteiger partial charge in [-0.15, -0.1) is 0 Å². The van der Waals surface area contributed by atoms with Crippen molar-refractivity contribution in [1.82, 2.24) is 0 Å². The predicted molar refractivity (Wildman–Crippen MR) is 91.0 cm³/mol. The van der Waals surface area contributed by atoms with Crippen LogP contribution in [0.2, 0.25) is 0 Å². The van der Waals surface area contributed by atoms with Crippen LogP contribution < -0.4 is 5.32 Å². The molecule has 0 aliphatic rings. The smallest absolute Gasteiger partial charge is 0.257 e. The average molecular weight is 382 g/mol. The van der Waals surface area contributed by atoms with Gasteiger partial charge < -0.3 is 5.32 Å². The molecule has 6 heteroatoms. The second-order valence-electron chi connectivity index (χ2n) is 4.84. The fraction of sp³-hybridized carbons (Fsp3) is 0.188. The Balaban J connectivity index is 2.39. The van der Waals surface area contributed by atoms with Gasteiger partial charge in [-0.1, -0.05) is 25.1 Å². The molecular formula is C16H16BrNO3S. The van der Waals surface area contributed by atoms with Gasteiger partial charge in [0.1, 0.15) is 0 Å². The van der Waals surface area contributed by atoms with Gasteiger partial charge in [0.2, 0.25) is 0 Å². The highest BCUT2D eigenvalue weighted by Crippen LogP contribution is 2.25. The Morgan fingerprint density at radius 3 is 2.50 bits per heavy atom. The lowest BCUT2D eigenvalue weighted by Gasteiger charge is -2.11. The van der Waals surface area contributed by atoms with E-state index in [-0.39, 0.29) is 16.2 Å². The number of carbonyl (C=O) groups is 1. The Morgan fingerprint density at radius 1 is 1.18 bits per heavy atom. The fourth-order valence-electron chi connectivity index (χ4n) is 1.99. The summed E-state index contributed by atoms with van der Waals surface area (Å²) in [5.41, 5.74) is 1.80. The lowest BCUT2D eigenvalue weighted by Crippen LogP contribution is -2.17. The van der Waals surface area contributed by atoms with Gasteiger partial charge in [0.05, 0.1) is 21.9 Å². The van der Waals surface area contributed by atoms with Gasteiger partial charge in [-0.25, -0.2) is 8.42 Å². The maximum absolute atomic E-state index is 12.4. The number of amides is 1. The van der Waals surface area contributed by atoms with Crippen molar-refractivity contribution < 1.29 is 13.2 Å². The van der Waals surface area contributed by atoms with E-state index in [0.29, 0.717) is 5.69 Å². The molecule has 0 aromatic heterocycles. The van der Waals surface area contributed by atoms with Gasteiger partial charge in [0, 0.05) is 4.47 Å². The number of nitrogens with one attached hydrogen (secondary N) is 1. The summed E-state index contributed by atoms with van der Waals surface area (Å²) in [6.07, 6.45) is 0. The molecule has 0 saturated heterocycles. The first kappa shape index (κ1) is 16.7. The quantitative estimate of drug-likeness (QED) is 0.875. The summed E-state index contributed by atoms with van der Waals surface area (Å²) in [5.74, 6) is -0.497. The largest absolute Gasteiger partial charge is 0.321 e. The second-order valence-corrected chi connectivity index (χ2v) is 7.94. The highest BCUT2D eigenvalue weighted by atomic mass is 79.9. The third kappa shape index (κ3) is 3.56. The molecule has 0 radical (unpaired) electrons. The molecule has 116 valence electrons. The number of halogens is 1. The monoisotopic (exact) mass is 381 g/mol. The number of anilines is 1. The molecule has 0 spiro atoms. The van der Waals surface area contributed by atoms with Crippen LogP contribution in [0, 0.1) is 6.92 Å². The maximum atomic E-state index is 12.4. The van der Waals surface area contributed by atoms with Crippen LogP contribution in [0.25, 0.3) is 0 Å². The lowest BCUT2D eigenvalue weighted by atomic mass is 10.2. The molecule has 0 unspecified atom stereocenters. The minimum atomic E-state index is -3.46. The highest BCUT2D eigenvalue weighted by Gasteiger charge is 2.20. The SMILES string of the molecule is CCS(=O)(=O)c1ccccc1C(=O)Nc1ccc(C)cc1Br. The molecule has 0 atom stereocenters.